The first kappa shape index (κ1) is 13.2. The number of rotatable bonds is 2. The van der Waals surface area contributed by atoms with E-state index < -0.39 is 11.6 Å². The summed E-state index contributed by atoms with van der Waals surface area (Å²) in [5.41, 5.74) is 8.17. The van der Waals surface area contributed by atoms with Gasteiger partial charge in [-0.25, -0.2) is 8.78 Å². The summed E-state index contributed by atoms with van der Waals surface area (Å²) >= 11 is 0. The van der Waals surface area contributed by atoms with Crippen LogP contribution in [0.15, 0.2) is 42.6 Å². The van der Waals surface area contributed by atoms with Gasteiger partial charge in [-0.1, -0.05) is 6.07 Å². The zero-order valence-corrected chi connectivity index (χ0v) is 11.2. The molecule has 0 aliphatic carbocycles. The van der Waals surface area contributed by atoms with Gasteiger partial charge in [-0.2, -0.15) is 5.10 Å². The third-order valence-electron chi connectivity index (χ3n) is 3.21. The van der Waals surface area contributed by atoms with Gasteiger partial charge in [0.25, 0.3) is 0 Å². The van der Waals surface area contributed by atoms with Crippen LogP contribution in [0, 0.1) is 11.6 Å². The van der Waals surface area contributed by atoms with Crippen molar-refractivity contribution in [2.24, 2.45) is 7.05 Å². The first-order valence-electron chi connectivity index (χ1n) is 6.27. The van der Waals surface area contributed by atoms with Crippen molar-refractivity contribution >= 4 is 5.82 Å². The second-order valence-corrected chi connectivity index (χ2v) is 4.58. The Morgan fingerprint density at radius 2 is 1.90 bits per heavy atom. The van der Waals surface area contributed by atoms with Crippen LogP contribution in [0.4, 0.5) is 14.6 Å². The number of nitrogen functional groups attached to an aromatic ring is 1. The maximum atomic E-state index is 13.4. The lowest BCUT2D eigenvalue weighted by molar-refractivity contribution is 0.509. The summed E-state index contributed by atoms with van der Waals surface area (Å²) in [4.78, 5) is 4.25. The summed E-state index contributed by atoms with van der Waals surface area (Å²) in [6, 6.07) is 9.03. The number of hydrogen-bond acceptors (Lipinski definition) is 3. The van der Waals surface area contributed by atoms with Gasteiger partial charge in [0.15, 0.2) is 11.6 Å². The number of aryl methyl sites for hydroxylation is 1. The summed E-state index contributed by atoms with van der Waals surface area (Å²) in [5.74, 6) is -1.42. The molecule has 0 unspecified atom stereocenters. The Morgan fingerprint density at radius 3 is 2.57 bits per heavy atom. The first-order chi connectivity index (χ1) is 10.1. The second-order valence-electron chi connectivity index (χ2n) is 4.58. The zero-order valence-electron chi connectivity index (χ0n) is 11.2. The molecular weight excluding hydrogens is 274 g/mol. The summed E-state index contributed by atoms with van der Waals surface area (Å²) in [6.45, 7) is 0. The monoisotopic (exact) mass is 286 g/mol. The fourth-order valence-corrected chi connectivity index (χ4v) is 2.15. The Kier molecular flexibility index (Phi) is 3.13. The molecule has 2 N–H and O–H groups in total. The van der Waals surface area contributed by atoms with Gasteiger partial charge in [0, 0.05) is 18.8 Å². The molecule has 0 spiro atoms. The van der Waals surface area contributed by atoms with Crippen LogP contribution < -0.4 is 5.73 Å². The molecule has 3 aromatic rings. The van der Waals surface area contributed by atoms with Crippen molar-refractivity contribution in [1.82, 2.24) is 14.8 Å². The summed E-state index contributed by atoms with van der Waals surface area (Å²) in [6.07, 6.45) is 1.64. The Bertz CT molecular complexity index is 797. The van der Waals surface area contributed by atoms with Crippen molar-refractivity contribution in [2.75, 3.05) is 5.73 Å². The predicted octanol–water partition coefficient (Wildman–Crippen LogP) is 3.01. The minimum absolute atomic E-state index is 0.411. The van der Waals surface area contributed by atoms with Crippen LogP contribution in [0.1, 0.15) is 0 Å². The molecule has 0 radical (unpaired) electrons. The Hall–Kier alpha value is -2.76. The molecule has 106 valence electrons. The average molecular weight is 286 g/mol. The zero-order chi connectivity index (χ0) is 15.0. The number of halogens is 2. The van der Waals surface area contributed by atoms with E-state index in [1.807, 2.05) is 6.07 Å². The number of benzene rings is 1. The molecule has 2 heterocycles. The van der Waals surface area contributed by atoms with Crippen molar-refractivity contribution in [3.05, 3.63) is 54.2 Å². The highest BCUT2D eigenvalue weighted by atomic mass is 19.2. The van der Waals surface area contributed by atoms with Gasteiger partial charge >= 0.3 is 0 Å². The topological polar surface area (TPSA) is 56.7 Å². The van der Waals surface area contributed by atoms with Gasteiger partial charge < -0.3 is 5.73 Å². The van der Waals surface area contributed by atoms with Crippen molar-refractivity contribution in [1.29, 1.82) is 0 Å². The van der Waals surface area contributed by atoms with E-state index in [1.165, 1.54) is 10.7 Å². The van der Waals surface area contributed by atoms with E-state index in [4.69, 9.17) is 5.73 Å². The third-order valence-corrected chi connectivity index (χ3v) is 3.21. The first-order valence-corrected chi connectivity index (χ1v) is 6.27. The predicted molar refractivity (Wildman–Crippen MR) is 76.2 cm³/mol. The van der Waals surface area contributed by atoms with Gasteiger partial charge in [0.2, 0.25) is 0 Å². The maximum Gasteiger partial charge on any atom is 0.159 e. The lowest BCUT2D eigenvalue weighted by Crippen LogP contribution is -1.98. The second kappa shape index (κ2) is 4.97. The summed E-state index contributed by atoms with van der Waals surface area (Å²) < 4.78 is 28.0. The van der Waals surface area contributed by atoms with Crippen LogP contribution in [-0.4, -0.2) is 14.8 Å². The maximum absolute atomic E-state index is 13.4. The van der Waals surface area contributed by atoms with Gasteiger partial charge in [-0.15, -0.1) is 0 Å². The molecule has 0 amide bonds. The van der Waals surface area contributed by atoms with E-state index in [1.54, 1.807) is 25.4 Å². The molecule has 1 aromatic carbocycles. The largest absolute Gasteiger partial charge is 0.383 e. The van der Waals surface area contributed by atoms with Crippen LogP contribution >= 0.6 is 0 Å². The highest BCUT2D eigenvalue weighted by molar-refractivity contribution is 5.86. The summed E-state index contributed by atoms with van der Waals surface area (Å²) in [7, 11) is 1.69. The van der Waals surface area contributed by atoms with Crippen molar-refractivity contribution in [3.63, 3.8) is 0 Å². The fraction of sp³-hybridized carbons (Fsp3) is 0.0667. The minimum atomic E-state index is -0.927. The molecule has 4 nitrogen and oxygen atoms in total. The molecule has 0 atom stereocenters. The average Bonchev–Trinajstić information content (AvgIpc) is 2.79. The van der Waals surface area contributed by atoms with Gasteiger partial charge in [0.05, 0.1) is 11.3 Å². The molecule has 0 fully saturated rings. The third kappa shape index (κ3) is 2.24. The SMILES string of the molecule is Cn1nc(-c2ccc(F)c(F)c2)c(-c2ccccn2)c1N. The van der Waals surface area contributed by atoms with Crippen LogP contribution in [-0.2, 0) is 7.05 Å². The highest BCUT2D eigenvalue weighted by Gasteiger charge is 2.19. The van der Waals surface area contributed by atoms with Crippen LogP contribution in [0.5, 0.6) is 0 Å². The molecule has 2 aromatic heterocycles. The fourth-order valence-electron chi connectivity index (χ4n) is 2.15. The number of hydrogen-bond donors (Lipinski definition) is 1. The smallest absolute Gasteiger partial charge is 0.159 e. The van der Waals surface area contributed by atoms with E-state index >= 15 is 0 Å². The van der Waals surface area contributed by atoms with Crippen molar-refractivity contribution < 1.29 is 8.78 Å². The van der Waals surface area contributed by atoms with Crippen molar-refractivity contribution in [2.45, 2.75) is 0 Å². The van der Waals surface area contributed by atoms with E-state index in [-0.39, 0.29) is 0 Å². The molecule has 3 rings (SSSR count). The van der Waals surface area contributed by atoms with E-state index in [2.05, 4.69) is 10.1 Å². The quantitative estimate of drug-likeness (QED) is 0.788. The molecule has 0 aliphatic heterocycles. The van der Waals surface area contributed by atoms with Crippen molar-refractivity contribution in [3.8, 4) is 22.5 Å². The van der Waals surface area contributed by atoms with E-state index in [0.29, 0.717) is 28.3 Å². The number of anilines is 1. The Labute approximate surface area is 119 Å². The number of nitrogens with two attached hydrogens (primary N) is 1. The minimum Gasteiger partial charge on any atom is -0.383 e. The number of pyridine rings is 1. The molecule has 21 heavy (non-hydrogen) atoms. The van der Waals surface area contributed by atoms with Crippen LogP contribution in [0.25, 0.3) is 22.5 Å². The normalized spacial score (nSPS) is 10.8. The standard InChI is InChI=1S/C15H12F2N4/c1-21-15(18)13(12-4-2-3-7-19-12)14(20-21)9-5-6-10(16)11(17)8-9/h2-8H,18H2,1H3. The molecule has 0 saturated heterocycles. The van der Waals surface area contributed by atoms with Gasteiger partial charge in [-0.3, -0.25) is 9.67 Å². The lowest BCUT2D eigenvalue weighted by Gasteiger charge is -2.04. The van der Waals surface area contributed by atoms with E-state index in [9.17, 15) is 8.78 Å². The lowest BCUT2D eigenvalue weighted by atomic mass is 10.0. The summed E-state index contributed by atoms with van der Waals surface area (Å²) in [5, 5.41) is 4.29. The molecule has 0 saturated carbocycles. The Morgan fingerprint density at radius 1 is 1.10 bits per heavy atom. The van der Waals surface area contributed by atoms with Crippen LogP contribution in [0.3, 0.4) is 0 Å². The molecular formula is C15H12F2N4. The molecule has 6 heteroatoms. The Balaban J connectivity index is 2.24. The number of nitrogens with zero attached hydrogens (tertiary/aromatic N) is 3. The highest BCUT2D eigenvalue weighted by Crippen LogP contribution is 2.35. The molecule has 0 bridgehead atoms. The number of aromatic nitrogens is 3. The van der Waals surface area contributed by atoms with E-state index in [0.717, 1.165) is 12.1 Å². The van der Waals surface area contributed by atoms with Gasteiger partial charge in [-0.05, 0) is 30.3 Å². The van der Waals surface area contributed by atoms with Gasteiger partial charge in [0.1, 0.15) is 11.5 Å². The van der Waals surface area contributed by atoms with Crippen LogP contribution in [0.2, 0.25) is 0 Å². The molecule has 0 aliphatic rings.